The maximum absolute atomic E-state index is 12.3. The molecule has 1 aromatic carbocycles. The number of para-hydroxylation sites is 1. The second-order valence-electron chi connectivity index (χ2n) is 6.29. The Morgan fingerprint density at radius 2 is 1.89 bits per heavy atom. The van der Waals surface area contributed by atoms with E-state index in [1.54, 1.807) is 0 Å². The lowest BCUT2D eigenvalue weighted by Crippen LogP contribution is -2.36. The normalized spacial score (nSPS) is 24.1. The SMILES string of the molecule is CC1(C)CC(C(=O)COc2ccccc2)C(C)(C)O1. The third kappa shape index (κ3) is 3.35. The van der Waals surface area contributed by atoms with Crippen molar-refractivity contribution in [2.24, 2.45) is 5.92 Å². The van der Waals surface area contributed by atoms with Gasteiger partial charge < -0.3 is 9.47 Å². The van der Waals surface area contributed by atoms with Gasteiger partial charge in [0.05, 0.1) is 17.1 Å². The molecule has 19 heavy (non-hydrogen) atoms. The molecule has 0 aliphatic carbocycles. The summed E-state index contributed by atoms with van der Waals surface area (Å²) in [6.07, 6.45) is 0.747. The first-order valence-electron chi connectivity index (χ1n) is 6.71. The molecule has 1 fully saturated rings. The van der Waals surface area contributed by atoms with Crippen LogP contribution in [-0.4, -0.2) is 23.6 Å². The maximum atomic E-state index is 12.3. The Morgan fingerprint density at radius 3 is 2.42 bits per heavy atom. The van der Waals surface area contributed by atoms with Gasteiger partial charge in [0.25, 0.3) is 0 Å². The summed E-state index contributed by atoms with van der Waals surface area (Å²) in [5.74, 6) is 0.734. The molecule has 2 rings (SSSR count). The van der Waals surface area contributed by atoms with E-state index in [4.69, 9.17) is 9.47 Å². The molecule has 0 saturated carbocycles. The molecule has 1 aromatic rings. The van der Waals surface area contributed by atoms with Gasteiger partial charge in [-0.1, -0.05) is 18.2 Å². The lowest BCUT2D eigenvalue weighted by molar-refractivity contribution is -0.131. The number of carbonyl (C=O) groups is 1. The van der Waals surface area contributed by atoms with Crippen LogP contribution in [0.3, 0.4) is 0 Å². The van der Waals surface area contributed by atoms with E-state index in [1.165, 1.54) is 0 Å². The summed E-state index contributed by atoms with van der Waals surface area (Å²) >= 11 is 0. The van der Waals surface area contributed by atoms with Crippen LogP contribution in [-0.2, 0) is 9.53 Å². The fourth-order valence-corrected chi connectivity index (χ4v) is 2.84. The number of carbonyl (C=O) groups excluding carboxylic acids is 1. The maximum Gasteiger partial charge on any atom is 0.176 e. The van der Waals surface area contributed by atoms with E-state index >= 15 is 0 Å². The molecular formula is C16H22O3. The zero-order valence-corrected chi connectivity index (χ0v) is 12.1. The van der Waals surface area contributed by atoms with Gasteiger partial charge in [0.2, 0.25) is 0 Å². The molecule has 0 spiro atoms. The number of hydrogen-bond donors (Lipinski definition) is 0. The molecule has 3 nitrogen and oxygen atoms in total. The number of hydrogen-bond acceptors (Lipinski definition) is 3. The molecule has 0 amide bonds. The summed E-state index contributed by atoms with van der Waals surface area (Å²) < 4.78 is 11.5. The van der Waals surface area contributed by atoms with Gasteiger partial charge in [-0.15, -0.1) is 0 Å². The van der Waals surface area contributed by atoms with Crippen molar-refractivity contribution in [2.45, 2.75) is 45.3 Å². The molecular weight excluding hydrogens is 240 g/mol. The van der Waals surface area contributed by atoms with E-state index < -0.39 is 5.60 Å². The van der Waals surface area contributed by atoms with Crippen molar-refractivity contribution in [3.8, 4) is 5.75 Å². The van der Waals surface area contributed by atoms with Crippen LogP contribution in [0.1, 0.15) is 34.1 Å². The van der Waals surface area contributed by atoms with Gasteiger partial charge in [0.1, 0.15) is 12.4 Å². The molecule has 0 radical (unpaired) electrons. The van der Waals surface area contributed by atoms with Crippen molar-refractivity contribution >= 4 is 5.78 Å². The van der Waals surface area contributed by atoms with Crippen molar-refractivity contribution in [3.63, 3.8) is 0 Å². The molecule has 104 valence electrons. The third-order valence-electron chi connectivity index (χ3n) is 3.59. The Bertz CT molecular complexity index is 448. The number of ether oxygens (including phenoxy) is 2. The first-order valence-corrected chi connectivity index (χ1v) is 6.71. The van der Waals surface area contributed by atoms with Crippen LogP contribution in [0.5, 0.6) is 5.75 Å². The molecule has 0 aromatic heterocycles. The average Bonchev–Trinajstić information content (AvgIpc) is 2.56. The Balaban J connectivity index is 1.97. The van der Waals surface area contributed by atoms with Crippen LogP contribution in [0.2, 0.25) is 0 Å². The highest BCUT2D eigenvalue weighted by Gasteiger charge is 2.49. The highest BCUT2D eigenvalue weighted by molar-refractivity contribution is 5.84. The molecule has 3 heteroatoms. The van der Waals surface area contributed by atoms with Crippen LogP contribution < -0.4 is 4.74 Å². The smallest absolute Gasteiger partial charge is 0.176 e. The summed E-state index contributed by atoms with van der Waals surface area (Å²) in [5, 5.41) is 0. The zero-order valence-electron chi connectivity index (χ0n) is 12.1. The minimum atomic E-state index is -0.416. The minimum Gasteiger partial charge on any atom is -0.486 e. The first kappa shape index (κ1) is 14.1. The molecule has 1 aliphatic heterocycles. The summed E-state index contributed by atoms with van der Waals surface area (Å²) in [5.41, 5.74) is -0.656. The molecule has 1 heterocycles. The van der Waals surface area contributed by atoms with Crippen molar-refractivity contribution in [1.82, 2.24) is 0 Å². The minimum absolute atomic E-state index is 0.105. The van der Waals surface area contributed by atoms with Crippen LogP contribution in [0, 0.1) is 5.92 Å². The Morgan fingerprint density at radius 1 is 1.26 bits per heavy atom. The highest BCUT2D eigenvalue weighted by atomic mass is 16.5. The predicted molar refractivity (Wildman–Crippen MR) is 74.3 cm³/mol. The summed E-state index contributed by atoms with van der Waals surface area (Å²) in [4.78, 5) is 12.3. The summed E-state index contributed by atoms with van der Waals surface area (Å²) in [6, 6.07) is 9.42. The van der Waals surface area contributed by atoms with E-state index in [2.05, 4.69) is 0 Å². The molecule has 0 N–H and O–H groups in total. The standard InChI is InChI=1S/C16H22O3/c1-15(2)10-13(16(3,4)19-15)14(17)11-18-12-8-6-5-7-9-12/h5-9,13H,10-11H2,1-4H3. The second kappa shape index (κ2) is 4.97. The van der Waals surface area contributed by atoms with Gasteiger partial charge in [0, 0.05) is 0 Å². The van der Waals surface area contributed by atoms with Gasteiger partial charge in [-0.25, -0.2) is 0 Å². The lowest BCUT2D eigenvalue weighted by Gasteiger charge is -2.26. The van der Waals surface area contributed by atoms with Crippen molar-refractivity contribution < 1.29 is 14.3 Å². The topological polar surface area (TPSA) is 35.5 Å². The van der Waals surface area contributed by atoms with Crippen LogP contribution in [0.15, 0.2) is 30.3 Å². The zero-order chi connectivity index (χ0) is 14.1. The van der Waals surface area contributed by atoms with Crippen molar-refractivity contribution in [1.29, 1.82) is 0 Å². The number of Topliss-reactive ketones (excluding diaryl/α,β-unsaturated/α-hetero) is 1. The Labute approximate surface area is 114 Å². The second-order valence-corrected chi connectivity index (χ2v) is 6.29. The summed E-state index contributed by atoms with van der Waals surface area (Å²) in [6.45, 7) is 8.12. The van der Waals surface area contributed by atoms with Gasteiger partial charge in [-0.2, -0.15) is 0 Å². The lowest BCUT2D eigenvalue weighted by atomic mass is 9.84. The van der Waals surface area contributed by atoms with Crippen LogP contribution in [0.25, 0.3) is 0 Å². The van der Waals surface area contributed by atoms with Crippen molar-refractivity contribution in [2.75, 3.05) is 6.61 Å². The predicted octanol–water partition coefficient (Wildman–Crippen LogP) is 3.23. The van der Waals surface area contributed by atoms with Gasteiger partial charge in [-0.05, 0) is 46.2 Å². The Kier molecular flexibility index (Phi) is 3.68. The molecule has 1 atom stereocenters. The van der Waals surface area contributed by atoms with E-state index in [0.29, 0.717) is 0 Å². The number of rotatable bonds is 4. The van der Waals surface area contributed by atoms with E-state index in [1.807, 2.05) is 58.0 Å². The van der Waals surface area contributed by atoms with Crippen LogP contribution >= 0.6 is 0 Å². The van der Waals surface area contributed by atoms with Gasteiger partial charge >= 0.3 is 0 Å². The quantitative estimate of drug-likeness (QED) is 0.835. The molecule has 1 aliphatic rings. The van der Waals surface area contributed by atoms with Crippen LogP contribution in [0.4, 0.5) is 0 Å². The Hall–Kier alpha value is -1.35. The first-order chi connectivity index (χ1) is 8.80. The molecule has 1 unspecified atom stereocenters. The largest absolute Gasteiger partial charge is 0.486 e. The number of benzene rings is 1. The monoisotopic (exact) mass is 262 g/mol. The van der Waals surface area contributed by atoms with E-state index in [0.717, 1.165) is 12.2 Å². The number of ketones is 1. The fraction of sp³-hybridized carbons (Fsp3) is 0.562. The van der Waals surface area contributed by atoms with E-state index in [9.17, 15) is 4.79 Å². The van der Waals surface area contributed by atoms with Gasteiger partial charge in [-0.3, -0.25) is 4.79 Å². The van der Waals surface area contributed by atoms with Crippen molar-refractivity contribution in [3.05, 3.63) is 30.3 Å². The average molecular weight is 262 g/mol. The molecule has 0 bridgehead atoms. The summed E-state index contributed by atoms with van der Waals surface area (Å²) in [7, 11) is 0. The van der Waals surface area contributed by atoms with E-state index in [-0.39, 0.29) is 23.9 Å². The third-order valence-corrected chi connectivity index (χ3v) is 3.59. The fourth-order valence-electron chi connectivity index (χ4n) is 2.84. The highest BCUT2D eigenvalue weighted by Crippen LogP contribution is 2.42. The molecule has 1 saturated heterocycles. The van der Waals surface area contributed by atoms with Gasteiger partial charge in [0.15, 0.2) is 5.78 Å².